The molecule has 0 aromatic heterocycles. The van der Waals surface area contributed by atoms with Crippen molar-refractivity contribution < 1.29 is 9.53 Å². The lowest BCUT2D eigenvalue weighted by molar-refractivity contribution is 0.0973. The number of carbonyl (C=O) groups is 1. The first-order valence-corrected chi connectivity index (χ1v) is 7.79. The lowest BCUT2D eigenvalue weighted by Gasteiger charge is -2.22. The van der Waals surface area contributed by atoms with Gasteiger partial charge in [0.1, 0.15) is 5.75 Å². The molecule has 0 fully saturated rings. The van der Waals surface area contributed by atoms with E-state index in [4.69, 9.17) is 4.74 Å². The molecule has 0 unspecified atom stereocenters. The number of hydrogen-bond donors (Lipinski definition) is 0. The second-order valence-corrected chi connectivity index (χ2v) is 6.49. The molecule has 0 atom stereocenters. The fraction of sp³-hybridized carbons (Fsp3) is 0.350. The van der Waals surface area contributed by atoms with Crippen molar-refractivity contribution in [3.8, 4) is 5.75 Å². The van der Waals surface area contributed by atoms with Crippen molar-refractivity contribution in [3.63, 3.8) is 0 Å². The molecule has 0 saturated carbocycles. The summed E-state index contributed by atoms with van der Waals surface area (Å²) in [5.41, 5.74) is 2.03. The maximum Gasteiger partial charge on any atom is 0.163 e. The molecule has 2 heteroatoms. The number of hydrogen-bond acceptors (Lipinski definition) is 2. The maximum atomic E-state index is 12.0. The van der Waals surface area contributed by atoms with Gasteiger partial charge in [-0.1, -0.05) is 69.3 Å². The third-order valence-electron chi connectivity index (χ3n) is 3.60. The number of benzene rings is 2. The van der Waals surface area contributed by atoms with Crippen LogP contribution in [-0.4, -0.2) is 12.4 Å². The fourth-order valence-electron chi connectivity index (χ4n) is 2.40. The Morgan fingerprint density at radius 1 is 0.955 bits per heavy atom. The zero-order valence-electron chi connectivity index (χ0n) is 13.6. The van der Waals surface area contributed by atoms with Crippen LogP contribution >= 0.6 is 0 Å². The Labute approximate surface area is 133 Å². The SMILES string of the molecule is CC(C)(C)c1ccccc1OCCCC(=O)c1ccccc1. The van der Waals surface area contributed by atoms with E-state index in [1.165, 1.54) is 5.56 Å². The van der Waals surface area contributed by atoms with Gasteiger partial charge in [-0.3, -0.25) is 4.79 Å². The van der Waals surface area contributed by atoms with Crippen molar-refractivity contribution in [1.29, 1.82) is 0 Å². The van der Waals surface area contributed by atoms with Crippen LogP contribution in [0.25, 0.3) is 0 Å². The van der Waals surface area contributed by atoms with Gasteiger partial charge in [0, 0.05) is 12.0 Å². The van der Waals surface area contributed by atoms with Gasteiger partial charge in [-0.2, -0.15) is 0 Å². The van der Waals surface area contributed by atoms with Crippen molar-refractivity contribution in [1.82, 2.24) is 0 Å². The Bertz CT molecular complexity index is 609. The summed E-state index contributed by atoms with van der Waals surface area (Å²) >= 11 is 0. The van der Waals surface area contributed by atoms with E-state index in [-0.39, 0.29) is 11.2 Å². The van der Waals surface area contributed by atoms with Crippen LogP contribution in [0.4, 0.5) is 0 Å². The number of ether oxygens (including phenoxy) is 1. The van der Waals surface area contributed by atoms with Gasteiger partial charge in [0.2, 0.25) is 0 Å². The molecule has 2 rings (SSSR count). The molecule has 0 aliphatic rings. The molecule has 0 heterocycles. The second kappa shape index (κ2) is 7.26. The van der Waals surface area contributed by atoms with E-state index in [1.54, 1.807) is 0 Å². The summed E-state index contributed by atoms with van der Waals surface area (Å²) in [4.78, 5) is 12.0. The van der Waals surface area contributed by atoms with E-state index >= 15 is 0 Å². The summed E-state index contributed by atoms with van der Waals surface area (Å²) in [6.07, 6.45) is 1.24. The molecule has 116 valence electrons. The molecule has 0 N–H and O–H groups in total. The van der Waals surface area contributed by atoms with E-state index in [1.807, 2.05) is 48.5 Å². The summed E-state index contributed by atoms with van der Waals surface area (Å²) in [7, 11) is 0. The maximum absolute atomic E-state index is 12.0. The molecular formula is C20H24O2. The molecule has 22 heavy (non-hydrogen) atoms. The molecule has 2 aromatic carbocycles. The smallest absolute Gasteiger partial charge is 0.163 e. The first-order valence-electron chi connectivity index (χ1n) is 7.79. The van der Waals surface area contributed by atoms with Crippen molar-refractivity contribution in [3.05, 3.63) is 65.7 Å². The van der Waals surface area contributed by atoms with Crippen LogP contribution in [0.1, 0.15) is 49.5 Å². The third-order valence-corrected chi connectivity index (χ3v) is 3.60. The van der Waals surface area contributed by atoms with E-state index in [0.717, 1.165) is 17.7 Å². The molecule has 0 spiro atoms. The number of carbonyl (C=O) groups excluding carboxylic acids is 1. The quantitative estimate of drug-likeness (QED) is 0.552. The summed E-state index contributed by atoms with van der Waals surface area (Å²) in [6, 6.07) is 17.5. The zero-order valence-corrected chi connectivity index (χ0v) is 13.6. The molecule has 0 aliphatic carbocycles. The molecule has 0 radical (unpaired) electrons. The normalized spacial score (nSPS) is 11.2. The number of ketones is 1. The molecule has 0 aliphatic heterocycles. The molecule has 0 saturated heterocycles. The van der Waals surface area contributed by atoms with Gasteiger partial charge in [0.05, 0.1) is 6.61 Å². The Kier molecular flexibility index (Phi) is 5.37. The molecule has 2 aromatic rings. The van der Waals surface area contributed by atoms with Gasteiger partial charge in [0.15, 0.2) is 5.78 Å². The average Bonchev–Trinajstić information content (AvgIpc) is 2.51. The predicted molar refractivity (Wildman–Crippen MR) is 90.6 cm³/mol. The van der Waals surface area contributed by atoms with Crippen LogP contribution in [0.2, 0.25) is 0 Å². The highest BCUT2D eigenvalue weighted by Gasteiger charge is 2.18. The Hall–Kier alpha value is -2.09. The highest BCUT2D eigenvalue weighted by Crippen LogP contribution is 2.31. The molecule has 0 bridgehead atoms. The van der Waals surface area contributed by atoms with Gasteiger partial charge in [0.25, 0.3) is 0 Å². The highest BCUT2D eigenvalue weighted by molar-refractivity contribution is 5.95. The number of rotatable bonds is 6. The minimum atomic E-state index is 0.0520. The third kappa shape index (κ3) is 4.45. The molecule has 0 amide bonds. The van der Waals surface area contributed by atoms with Gasteiger partial charge in [-0.25, -0.2) is 0 Å². The topological polar surface area (TPSA) is 26.3 Å². The van der Waals surface area contributed by atoms with Gasteiger partial charge < -0.3 is 4.74 Å². The van der Waals surface area contributed by atoms with Crippen molar-refractivity contribution in [2.24, 2.45) is 0 Å². The largest absolute Gasteiger partial charge is 0.493 e. The first-order chi connectivity index (χ1) is 10.5. The Balaban J connectivity index is 1.86. The van der Waals surface area contributed by atoms with E-state index in [2.05, 4.69) is 26.8 Å². The monoisotopic (exact) mass is 296 g/mol. The average molecular weight is 296 g/mol. The van der Waals surface area contributed by atoms with E-state index in [9.17, 15) is 4.79 Å². The lowest BCUT2D eigenvalue weighted by atomic mass is 9.86. The van der Waals surface area contributed by atoms with Crippen molar-refractivity contribution in [2.45, 2.75) is 39.0 Å². The molecular weight excluding hydrogens is 272 g/mol. The minimum Gasteiger partial charge on any atom is -0.493 e. The lowest BCUT2D eigenvalue weighted by Crippen LogP contribution is -2.14. The van der Waals surface area contributed by atoms with E-state index < -0.39 is 0 Å². The van der Waals surface area contributed by atoms with Crippen molar-refractivity contribution >= 4 is 5.78 Å². The number of para-hydroxylation sites is 1. The first kappa shape index (κ1) is 16.3. The second-order valence-electron chi connectivity index (χ2n) is 6.49. The summed E-state index contributed by atoms with van der Waals surface area (Å²) in [5.74, 6) is 1.09. The number of Topliss-reactive ketones (excluding diaryl/α,β-unsaturated/α-hetero) is 1. The summed E-state index contributed by atoms with van der Waals surface area (Å²) < 4.78 is 5.90. The summed E-state index contributed by atoms with van der Waals surface area (Å²) in [6.45, 7) is 7.09. The van der Waals surface area contributed by atoms with Crippen LogP contribution in [0, 0.1) is 0 Å². The van der Waals surface area contributed by atoms with Gasteiger partial charge in [-0.05, 0) is 23.5 Å². The van der Waals surface area contributed by atoms with Crippen molar-refractivity contribution in [2.75, 3.05) is 6.61 Å². The van der Waals surface area contributed by atoms with E-state index in [0.29, 0.717) is 13.0 Å². The van der Waals surface area contributed by atoms with Crippen LogP contribution in [0.3, 0.4) is 0 Å². The van der Waals surface area contributed by atoms with Crippen LogP contribution < -0.4 is 4.74 Å². The minimum absolute atomic E-state index is 0.0520. The standard InChI is InChI=1S/C20H24O2/c1-20(2,3)17-12-7-8-14-19(17)22-15-9-13-18(21)16-10-5-4-6-11-16/h4-8,10-12,14H,9,13,15H2,1-3H3. The van der Waals surface area contributed by atoms with Gasteiger partial charge in [-0.15, -0.1) is 0 Å². The predicted octanol–water partition coefficient (Wildman–Crippen LogP) is 5.03. The van der Waals surface area contributed by atoms with Gasteiger partial charge >= 0.3 is 0 Å². The van der Waals surface area contributed by atoms with Crippen LogP contribution in [0.5, 0.6) is 5.75 Å². The fourth-order valence-corrected chi connectivity index (χ4v) is 2.40. The zero-order chi connectivity index (χ0) is 16.0. The molecule has 2 nitrogen and oxygen atoms in total. The Morgan fingerprint density at radius 3 is 2.27 bits per heavy atom. The Morgan fingerprint density at radius 2 is 1.59 bits per heavy atom. The summed E-state index contributed by atoms with van der Waals surface area (Å²) in [5, 5.41) is 0. The van der Waals surface area contributed by atoms with Crippen LogP contribution in [0.15, 0.2) is 54.6 Å². The van der Waals surface area contributed by atoms with Crippen LogP contribution in [-0.2, 0) is 5.41 Å². The highest BCUT2D eigenvalue weighted by atomic mass is 16.5.